The van der Waals surface area contributed by atoms with Gasteiger partial charge in [0.1, 0.15) is 0 Å². The Labute approximate surface area is 220 Å². The van der Waals surface area contributed by atoms with Gasteiger partial charge in [0.05, 0.1) is 18.8 Å². The predicted molar refractivity (Wildman–Crippen MR) is 145 cm³/mol. The van der Waals surface area contributed by atoms with Gasteiger partial charge in [-0.05, 0) is 48.1 Å². The second kappa shape index (κ2) is 10.8. The molecule has 37 heavy (non-hydrogen) atoms. The molecule has 200 valence electrons. The van der Waals surface area contributed by atoms with Gasteiger partial charge in [0.25, 0.3) is 11.8 Å². The van der Waals surface area contributed by atoms with Gasteiger partial charge < -0.3 is 9.84 Å². The highest BCUT2D eigenvalue weighted by Gasteiger charge is 2.34. The van der Waals surface area contributed by atoms with Crippen molar-refractivity contribution in [3.63, 3.8) is 0 Å². The van der Waals surface area contributed by atoms with Crippen molar-refractivity contribution in [2.24, 2.45) is 11.3 Å². The highest BCUT2D eigenvalue weighted by atomic mass is 16.5. The van der Waals surface area contributed by atoms with Crippen molar-refractivity contribution in [2.75, 3.05) is 52.4 Å². The summed E-state index contributed by atoms with van der Waals surface area (Å²) in [5.41, 5.74) is 1.53. The highest BCUT2D eigenvalue weighted by molar-refractivity contribution is 6.25. The molecule has 1 saturated heterocycles. The molecule has 7 heteroatoms. The maximum atomic E-state index is 13.1. The van der Waals surface area contributed by atoms with Crippen LogP contribution in [0.2, 0.25) is 0 Å². The van der Waals surface area contributed by atoms with Crippen LogP contribution in [0.25, 0.3) is 10.8 Å². The predicted octanol–water partition coefficient (Wildman–Crippen LogP) is 3.65. The van der Waals surface area contributed by atoms with Crippen molar-refractivity contribution in [2.45, 2.75) is 52.2 Å². The van der Waals surface area contributed by atoms with Crippen molar-refractivity contribution < 1.29 is 19.4 Å². The summed E-state index contributed by atoms with van der Waals surface area (Å²) in [6, 6.07) is 11.3. The van der Waals surface area contributed by atoms with Crippen LogP contribution < -0.4 is 0 Å². The summed E-state index contributed by atoms with van der Waals surface area (Å²) in [5.74, 6) is 0.261. The Bertz CT molecular complexity index is 1090. The standard InChI is InChI=1S/C30H41N3O4/c1-21-16-24(18-30(2,3)17-21)37-20-23(34)19-32-12-10-31(11-13-32)14-15-33-28(35)25-8-4-6-22-7-5-9-26(27(22)25)29(33)36/h4-9,21,23-24,34H,10-20H2,1-3H3/t21-,23+,24+/m1/s1. The summed E-state index contributed by atoms with van der Waals surface area (Å²) in [4.78, 5) is 32.2. The van der Waals surface area contributed by atoms with E-state index >= 15 is 0 Å². The van der Waals surface area contributed by atoms with E-state index < -0.39 is 6.10 Å². The average molecular weight is 508 g/mol. The van der Waals surface area contributed by atoms with Crippen LogP contribution in [-0.4, -0.2) is 96.2 Å². The maximum absolute atomic E-state index is 13.1. The van der Waals surface area contributed by atoms with E-state index in [0.717, 1.165) is 49.8 Å². The largest absolute Gasteiger partial charge is 0.389 e. The fourth-order valence-corrected chi connectivity index (χ4v) is 6.70. The summed E-state index contributed by atoms with van der Waals surface area (Å²) in [6.07, 6.45) is 3.13. The molecule has 0 spiro atoms. The molecule has 3 atom stereocenters. The fourth-order valence-electron chi connectivity index (χ4n) is 6.70. The van der Waals surface area contributed by atoms with Crippen LogP contribution in [0, 0.1) is 11.3 Å². The lowest BCUT2D eigenvalue weighted by Crippen LogP contribution is -2.51. The molecule has 1 saturated carbocycles. The maximum Gasteiger partial charge on any atom is 0.261 e. The molecule has 0 unspecified atom stereocenters. The molecule has 2 aliphatic heterocycles. The Morgan fingerprint density at radius 2 is 1.57 bits per heavy atom. The first-order chi connectivity index (χ1) is 17.7. The Kier molecular flexibility index (Phi) is 7.68. The molecular formula is C30H41N3O4. The van der Waals surface area contributed by atoms with E-state index in [9.17, 15) is 14.7 Å². The van der Waals surface area contributed by atoms with Crippen LogP contribution in [0.4, 0.5) is 0 Å². The van der Waals surface area contributed by atoms with Crippen molar-refractivity contribution in [1.82, 2.24) is 14.7 Å². The molecule has 1 N–H and O–H groups in total. The number of aliphatic hydroxyl groups excluding tert-OH is 1. The normalized spacial score (nSPS) is 25.6. The third-order valence-electron chi connectivity index (χ3n) is 8.30. The number of piperazine rings is 1. The third kappa shape index (κ3) is 5.90. The van der Waals surface area contributed by atoms with Gasteiger partial charge in [-0.2, -0.15) is 0 Å². The number of amides is 2. The zero-order valence-corrected chi connectivity index (χ0v) is 22.5. The van der Waals surface area contributed by atoms with Crippen molar-refractivity contribution in [3.05, 3.63) is 47.5 Å². The molecule has 1 aliphatic carbocycles. The molecule has 2 amide bonds. The van der Waals surface area contributed by atoms with E-state index in [2.05, 4.69) is 30.6 Å². The lowest BCUT2D eigenvalue weighted by Gasteiger charge is -2.39. The second-order valence-corrected chi connectivity index (χ2v) is 12.1. The number of imide groups is 1. The average Bonchev–Trinajstić information content (AvgIpc) is 2.85. The number of carbonyl (C=O) groups excluding carboxylic acids is 2. The summed E-state index contributed by atoms with van der Waals surface area (Å²) >= 11 is 0. The van der Waals surface area contributed by atoms with Gasteiger partial charge in [0.15, 0.2) is 0 Å². The molecule has 2 heterocycles. The molecule has 2 aromatic rings. The smallest absolute Gasteiger partial charge is 0.261 e. The molecule has 7 nitrogen and oxygen atoms in total. The molecule has 5 rings (SSSR count). The molecule has 0 radical (unpaired) electrons. The molecule has 0 bridgehead atoms. The zero-order chi connectivity index (χ0) is 26.2. The minimum atomic E-state index is -0.488. The number of β-amino-alcohol motifs (C(OH)–C–C–N with tert-alkyl or cyclic N) is 1. The first-order valence-corrected chi connectivity index (χ1v) is 13.8. The second-order valence-electron chi connectivity index (χ2n) is 12.1. The van der Waals surface area contributed by atoms with Gasteiger partial charge in [-0.3, -0.25) is 24.3 Å². The van der Waals surface area contributed by atoms with E-state index in [1.807, 2.05) is 36.4 Å². The highest BCUT2D eigenvalue weighted by Crippen LogP contribution is 2.39. The number of aliphatic hydroxyl groups is 1. The van der Waals surface area contributed by atoms with E-state index in [1.54, 1.807) is 0 Å². The minimum absolute atomic E-state index is 0.202. The minimum Gasteiger partial charge on any atom is -0.389 e. The monoisotopic (exact) mass is 507 g/mol. The van der Waals surface area contributed by atoms with E-state index in [1.165, 1.54) is 11.3 Å². The van der Waals surface area contributed by atoms with E-state index in [4.69, 9.17) is 4.74 Å². The van der Waals surface area contributed by atoms with Crippen LogP contribution in [-0.2, 0) is 4.74 Å². The van der Waals surface area contributed by atoms with E-state index in [-0.39, 0.29) is 17.9 Å². The number of hydrogen-bond acceptors (Lipinski definition) is 6. The Morgan fingerprint density at radius 3 is 2.19 bits per heavy atom. The summed E-state index contributed by atoms with van der Waals surface area (Å²) in [5, 5.41) is 12.3. The Hall–Kier alpha value is -2.32. The molecule has 2 aromatic carbocycles. The van der Waals surface area contributed by atoms with Gasteiger partial charge in [-0.25, -0.2) is 0 Å². The SMILES string of the molecule is C[C@@H]1C[C@H](OC[C@@H](O)CN2CCN(CCN3C(=O)c4cccc5cccc(c45)C3=O)CC2)CC(C)(C)C1. The number of rotatable bonds is 8. The quantitative estimate of drug-likeness (QED) is 0.550. The number of benzene rings is 2. The van der Waals surface area contributed by atoms with Crippen LogP contribution in [0.15, 0.2) is 36.4 Å². The summed E-state index contributed by atoms with van der Waals surface area (Å²) in [7, 11) is 0. The summed E-state index contributed by atoms with van der Waals surface area (Å²) in [6.45, 7) is 12.4. The number of ether oxygens (including phenoxy) is 1. The van der Waals surface area contributed by atoms with Crippen molar-refractivity contribution >= 4 is 22.6 Å². The lowest BCUT2D eigenvalue weighted by atomic mass is 9.71. The van der Waals surface area contributed by atoms with Gasteiger partial charge >= 0.3 is 0 Å². The molecule has 2 fully saturated rings. The van der Waals surface area contributed by atoms with Gasteiger partial charge in [0, 0.05) is 62.3 Å². The molecular weight excluding hydrogens is 466 g/mol. The molecule has 3 aliphatic rings. The van der Waals surface area contributed by atoms with E-state index in [0.29, 0.717) is 48.7 Å². The fraction of sp³-hybridized carbons (Fsp3) is 0.600. The van der Waals surface area contributed by atoms with Crippen LogP contribution >= 0.6 is 0 Å². The Balaban J connectivity index is 1.07. The van der Waals surface area contributed by atoms with Crippen LogP contribution in [0.1, 0.15) is 60.7 Å². The van der Waals surface area contributed by atoms with Crippen molar-refractivity contribution in [3.8, 4) is 0 Å². The number of nitrogens with zero attached hydrogens (tertiary/aromatic N) is 3. The number of carbonyl (C=O) groups is 2. The van der Waals surface area contributed by atoms with Gasteiger partial charge in [-0.15, -0.1) is 0 Å². The first-order valence-electron chi connectivity index (χ1n) is 13.8. The van der Waals surface area contributed by atoms with Crippen LogP contribution in [0.3, 0.4) is 0 Å². The summed E-state index contributed by atoms with van der Waals surface area (Å²) < 4.78 is 6.13. The number of hydrogen-bond donors (Lipinski definition) is 1. The van der Waals surface area contributed by atoms with Crippen LogP contribution in [0.5, 0.6) is 0 Å². The lowest BCUT2D eigenvalue weighted by molar-refractivity contribution is -0.0633. The van der Waals surface area contributed by atoms with Crippen molar-refractivity contribution in [1.29, 1.82) is 0 Å². The Morgan fingerprint density at radius 1 is 0.946 bits per heavy atom. The van der Waals surface area contributed by atoms with Gasteiger partial charge in [-0.1, -0.05) is 45.0 Å². The zero-order valence-electron chi connectivity index (χ0n) is 22.5. The molecule has 0 aromatic heterocycles. The van der Waals surface area contributed by atoms with Gasteiger partial charge in [0.2, 0.25) is 0 Å². The third-order valence-corrected chi connectivity index (χ3v) is 8.30. The first kappa shape index (κ1) is 26.3. The topological polar surface area (TPSA) is 73.3 Å².